The van der Waals surface area contributed by atoms with Gasteiger partial charge in [-0.15, -0.1) is 0 Å². The van der Waals surface area contributed by atoms with Gasteiger partial charge in [-0.3, -0.25) is 0 Å². The lowest BCUT2D eigenvalue weighted by Crippen LogP contribution is -3.00. The first-order valence-corrected chi connectivity index (χ1v) is 9.13. The van der Waals surface area contributed by atoms with Crippen molar-refractivity contribution in [1.29, 1.82) is 0 Å². The van der Waals surface area contributed by atoms with Crippen molar-refractivity contribution in [3.63, 3.8) is 0 Å². The van der Waals surface area contributed by atoms with Crippen molar-refractivity contribution in [1.82, 2.24) is 0 Å². The van der Waals surface area contributed by atoms with Crippen LogP contribution in [-0.2, 0) is 0 Å². The topological polar surface area (TPSA) is 20.2 Å². The number of nitrogens with zero attached hydrogens (tertiary/aromatic N) is 1. The van der Waals surface area contributed by atoms with Crippen molar-refractivity contribution in [2.45, 2.75) is 84.5 Å². The van der Waals surface area contributed by atoms with Gasteiger partial charge in [-0.05, 0) is 38.5 Å². The highest BCUT2D eigenvalue weighted by molar-refractivity contribution is 4.48. The summed E-state index contributed by atoms with van der Waals surface area (Å²) in [6.07, 6.45) is 14.5. The number of quaternary nitrogens is 1. The fraction of sp³-hybridized carbons (Fsp3) is 1.00. The van der Waals surface area contributed by atoms with Crippen molar-refractivity contribution in [3.05, 3.63) is 0 Å². The number of hydrogen-bond acceptors (Lipinski definition) is 1. The summed E-state index contributed by atoms with van der Waals surface area (Å²) in [6, 6.07) is 0. The fourth-order valence-corrected chi connectivity index (χ4v) is 2.96. The van der Waals surface area contributed by atoms with Crippen LogP contribution in [0.4, 0.5) is 0 Å². The van der Waals surface area contributed by atoms with Crippen LogP contribution in [0, 0.1) is 0 Å². The molecular weight excluding hydrogens is 373 g/mol. The van der Waals surface area contributed by atoms with Crippen LogP contribution in [0.3, 0.4) is 0 Å². The van der Waals surface area contributed by atoms with E-state index in [4.69, 9.17) is 5.11 Å². The van der Waals surface area contributed by atoms with Crippen LogP contribution >= 0.6 is 0 Å². The zero-order chi connectivity index (χ0) is 15.1. The number of aliphatic hydroxyl groups excluding tert-OH is 1. The van der Waals surface area contributed by atoms with E-state index in [0.29, 0.717) is 6.61 Å². The van der Waals surface area contributed by atoms with Gasteiger partial charge in [-0.1, -0.05) is 46.0 Å². The molecule has 21 heavy (non-hydrogen) atoms. The van der Waals surface area contributed by atoms with Crippen LogP contribution in [0.25, 0.3) is 0 Å². The van der Waals surface area contributed by atoms with Crippen molar-refractivity contribution in [2.75, 3.05) is 33.3 Å². The van der Waals surface area contributed by atoms with Gasteiger partial charge in [0.25, 0.3) is 0 Å². The molecule has 0 saturated carbocycles. The summed E-state index contributed by atoms with van der Waals surface area (Å²) in [4.78, 5) is 0. The molecule has 2 nitrogen and oxygen atoms in total. The quantitative estimate of drug-likeness (QED) is 0.247. The molecule has 0 amide bonds. The van der Waals surface area contributed by atoms with Gasteiger partial charge in [-0.25, -0.2) is 0 Å². The first-order chi connectivity index (χ1) is 9.68. The highest BCUT2D eigenvalue weighted by Gasteiger charge is 2.19. The minimum atomic E-state index is 0. The first-order valence-electron chi connectivity index (χ1n) is 9.13. The van der Waals surface area contributed by atoms with E-state index in [2.05, 4.69) is 20.9 Å². The number of hydrogen-bond donors (Lipinski definition) is 1. The molecule has 0 aliphatic carbocycles. The number of halogens is 1. The second-order valence-corrected chi connectivity index (χ2v) is 6.70. The molecule has 0 rings (SSSR count). The summed E-state index contributed by atoms with van der Waals surface area (Å²) in [5.41, 5.74) is 0. The minimum Gasteiger partial charge on any atom is -1.00 e. The average molecular weight is 413 g/mol. The van der Waals surface area contributed by atoms with Gasteiger partial charge >= 0.3 is 0 Å². The maximum absolute atomic E-state index is 8.98. The van der Waals surface area contributed by atoms with Crippen LogP contribution in [0.2, 0.25) is 0 Å². The van der Waals surface area contributed by atoms with E-state index >= 15 is 0 Å². The van der Waals surface area contributed by atoms with Gasteiger partial charge in [0.2, 0.25) is 0 Å². The van der Waals surface area contributed by atoms with E-state index in [-0.39, 0.29) is 24.0 Å². The summed E-state index contributed by atoms with van der Waals surface area (Å²) in [5.74, 6) is 0. The Morgan fingerprint density at radius 3 is 1.43 bits per heavy atom. The smallest absolute Gasteiger partial charge is 0.0785 e. The third-order valence-electron chi connectivity index (χ3n) is 4.46. The van der Waals surface area contributed by atoms with Gasteiger partial charge in [0.05, 0.1) is 26.7 Å². The Balaban J connectivity index is 0. The van der Waals surface area contributed by atoms with Crippen LogP contribution in [-0.4, -0.2) is 42.9 Å². The molecular formula is C18H40INO. The van der Waals surface area contributed by atoms with Crippen molar-refractivity contribution in [3.8, 4) is 0 Å². The van der Waals surface area contributed by atoms with Gasteiger partial charge in [0.1, 0.15) is 0 Å². The van der Waals surface area contributed by atoms with Crippen LogP contribution in [0.5, 0.6) is 0 Å². The van der Waals surface area contributed by atoms with E-state index in [9.17, 15) is 0 Å². The largest absolute Gasteiger partial charge is 1.00 e. The molecule has 1 atom stereocenters. The van der Waals surface area contributed by atoms with Gasteiger partial charge in [-0.2, -0.15) is 0 Å². The van der Waals surface area contributed by atoms with Gasteiger partial charge < -0.3 is 33.6 Å². The molecule has 0 saturated heterocycles. The Labute approximate surface area is 151 Å². The molecule has 0 heterocycles. The lowest BCUT2D eigenvalue weighted by atomic mass is 10.1. The Bertz CT molecular complexity index is 202. The summed E-state index contributed by atoms with van der Waals surface area (Å²) >= 11 is 0. The van der Waals surface area contributed by atoms with Gasteiger partial charge in [0, 0.05) is 6.61 Å². The molecule has 0 fully saturated rings. The number of unbranched alkanes of at least 4 members (excludes halogenated alkanes) is 8. The van der Waals surface area contributed by atoms with E-state index in [1.807, 2.05) is 0 Å². The predicted octanol–water partition coefficient (Wildman–Crippen LogP) is 1.76. The highest BCUT2D eigenvalue weighted by atomic mass is 127. The highest BCUT2D eigenvalue weighted by Crippen LogP contribution is 2.14. The second-order valence-electron chi connectivity index (χ2n) is 6.70. The van der Waals surface area contributed by atoms with Crippen LogP contribution in [0.1, 0.15) is 84.5 Å². The molecule has 1 unspecified atom stereocenters. The zero-order valence-corrected chi connectivity index (χ0v) is 17.0. The average Bonchev–Trinajstić information content (AvgIpc) is 2.44. The lowest BCUT2D eigenvalue weighted by molar-refractivity contribution is -0.910. The molecule has 0 aliphatic rings. The molecule has 0 aromatic rings. The molecule has 0 bridgehead atoms. The van der Waals surface area contributed by atoms with E-state index in [1.54, 1.807) is 0 Å². The molecule has 0 spiro atoms. The van der Waals surface area contributed by atoms with E-state index < -0.39 is 0 Å². The maximum atomic E-state index is 8.98. The molecule has 130 valence electrons. The Hall–Kier alpha value is 0.650. The Morgan fingerprint density at radius 1 is 0.619 bits per heavy atom. The molecule has 0 radical (unpaired) electrons. The maximum Gasteiger partial charge on any atom is 0.0785 e. The third-order valence-corrected chi connectivity index (χ3v) is 4.46. The van der Waals surface area contributed by atoms with Gasteiger partial charge in [0.15, 0.2) is 0 Å². The molecule has 0 aromatic heterocycles. The third kappa shape index (κ3) is 15.3. The van der Waals surface area contributed by atoms with Crippen LogP contribution < -0.4 is 24.0 Å². The lowest BCUT2D eigenvalue weighted by Gasteiger charge is -2.35. The fourth-order valence-electron chi connectivity index (χ4n) is 2.96. The summed E-state index contributed by atoms with van der Waals surface area (Å²) in [6.45, 7) is 8.83. The SMILES string of the molecule is CCCCCCC[N+](C)(CCCCO)CCCCCC.[I-]. The number of rotatable bonds is 15. The first kappa shape index (κ1) is 23.9. The molecule has 0 aromatic carbocycles. The molecule has 3 heteroatoms. The van der Waals surface area contributed by atoms with Crippen molar-refractivity contribution in [2.24, 2.45) is 0 Å². The minimum absolute atomic E-state index is 0. The molecule has 0 aliphatic heterocycles. The number of aliphatic hydroxyl groups is 1. The predicted molar refractivity (Wildman–Crippen MR) is 90.0 cm³/mol. The second kappa shape index (κ2) is 17.0. The monoisotopic (exact) mass is 413 g/mol. The zero-order valence-electron chi connectivity index (χ0n) is 14.9. The van der Waals surface area contributed by atoms with Crippen molar-refractivity contribution < 1.29 is 33.6 Å². The Morgan fingerprint density at radius 2 is 1.00 bits per heavy atom. The summed E-state index contributed by atoms with van der Waals surface area (Å²) < 4.78 is 1.23. The van der Waals surface area contributed by atoms with Crippen LogP contribution in [0.15, 0.2) is 0 Å². The van der Waals surface area contributed by atoms with E-state index in [0.717, 1.165) is 6.42 Å². The molecule has 1 N–H and O–H groups in total. The standard InChI is InChI=1S/C18H40NO.HI/c1-4-6-8-10-12-16-19(3,17-13-14-18-20)15-11-9-7-5-2;/h20H,4-18H2,1-3H3;1H/q+1;/p-1. The van der Waals surface area contributed by atoms with Crippen molar-refractivity contribution >= 4 is 0 Å². The summed E-state index contributed by atoms with van der Waals surface area (Å²) in [7, 11) is 2.43. The normalized spacial score (nSPS) is 13.7. The Kier molecular flexibility index (Phi) is 19.4. The summed E-state index contributed by atoms with van der Waals surface area (Å²) in [5, 5.41) is 8.98. The van der Waals surface area contributed by atoms with E-state index in [1.165, 1.54) is 88.3 Å².